The lowest BCUT2D eigenvalue weighted by Crippen LogP contribution is -2.53. The van der Waals surface area contributed by atoms with Crippen molar-refractivity contribution in [2.75, 3.05) is 20.3 Å². The lowest BCUT2D eigenvalue weighted by molar-refractivity contribution is -0.130. The van der Waals surface area contributed by atoms with Crippen molar-refractivity contribution in [2.45, 2.75) is 19.9 Å². The number of rotatable bonds is 10. The fourth-order valence-electron chi connectivity index (χ4n) is 3.60. The van der Waals surface area contributed by atoms with E-state index in [-0.39, 0.29) is 12.1 Å². The number of carbonyl (C=O) groups is 3. The van der Waals surface area contributed by atoms with Crippen molar-refractivity contribution >= 4 is 23.9 Å². The summed E-state index contributed by atoms with van der Waals surface area (Å²) in [6.07, 6.45) is 3.51. The molecule has 2 heterocycles. The average Bonchev–Trinajstić information content (AvgIpc) is 3.39. The Morgan fingerprint density at radius 2 is 1.72 bits per heavy atom. The summed E-state index contributed by atoms with van der Waals surface area (Å²) < 4.78 is 22.3. The molecule has 186 valence electrons. The molecule has 0 atom stereocenters. The van der Waals surface area contributed by atoms with Crippen LogP contribution in [0.5, 0.6) is 17.2 Å². The van der Waals surface area contributed by atoms with Gasteiger partial charge in [-0.25, -0.2) is 4.79 Å². The molecule has 0 radical (unpaired) electrons. The summed E-state index contributed by atoms with van der Waals surface area (Å²) in [5.41, 5.74) is 1.43. The molecule has 0 saturated carbocycles. The van der Waals surface area contributed by atoms with Crippen LogP contribution in [0.15, 0.2) is 70.9 Å². The van der Waals surface area contributed by atoms with Crippen LogP contribution in [0.3, 0.4) is 0 Å². The van der Waals surface area contributed by atoms with E-state index in [0.29, 0.717) is 42.5 Å². The SMILES string of the molecule is COc1cc(/C=C2\C(=O)NC(=O)N(Cc3ccco3)C2=O)ccc1OCCCOc1ccccc1C. The van der Waals surface area contributed by atoms with Gasteiger partial charge in [0.05, 0.1) is 33.1 Å². The maximum absolute atomic E-state index is 12.9. The van der Waals surface area contributed by atoms with Crippen LogP contribution in [0.25, 0.3) is 6.08 Å². The molecule has 1 aliphatic rings. The number of methoxy groups -OCH3 is 1. The molecule has 36 heavy (non-hydrogen) atoms. The monoisotopic (exact) mass is 490 g/mol. The first-order valence-corrected chi connectivity index (χ1v) is 11.4. The molecule has 0 unspecified atom stereocenters. The van der Waals surface area contributed by atoms with Crippen molar-refractivity contribution in [1.82, 2.24) is 10.2 Å². The van der Waals surface area contributed by atoms with E-state index in [2.05, 4.69) is 5.32 Å². The zero-order valence-electron chi connectivity index (χ0n) is 20.0. The lowest BCUT2D eigenvalue weighted by Gasteiger charge is -2.25. The Morgan fingerprint density at radius 1 is 0.944 bits per heavy atom. The van der Waals surface area contributed by atoms with Crippen LogP contribution in [0.4, 0.5) is 4.79 Å². The van der Waals surface area contributed by atoms with E-state index in [9.17, 15) is 14.4 Å². The zero-order valence-corrected chi connectivity index (χ0v) is 20.0. The van der Waals surface area contributed by atoms with Gasteiger partial charge in [-0.1, -0.05) is 24.3 Å². The minimum absolute atomic E-state index is 0.0913. The fraction of sp³-hybridized carbons (Fsp3) is 0.222. The minimum atomic E-state index is -0.800. The maximum Gasteiger partial charge on any atom is 0.331 e. The molecular weight excluding hydrogens is 464 g/mol. The summed E-state index contributed by atoms with van der Waals surface area (Å²) in [6, 6.07) is 15.3. The molecule has 2 aromatic carbocycles. The standard InChI is InChI=1S/C27H26N2O7/c1-18-7-3-4-9-22(18)35-13-6-14-36-23-11-10-19(16-24(23)33-2)15-21-25(30)28-27(32)29(26(21)31)17-20-8-5-12-34-20/h3-5,7-12,15-16H,6,13-14,17H2,1-2H3,(H,28,30,32)/b21-15+. The molecule has 1 aliphatic heterocycles. The summed E-state index contributed by atoms with van der Waals surface area (Å²) in [6.45, 7) is 2.81. The highest BCUT2D eigenvalue weighted by molar-refractivity contribution is 6.30. The summed E-state index contributed by atoms with van der Waals surface area (Å²) in [5, 5.41) is 2.19. The van der Waals surface area contributed by atoms with Gasteiger partial charge in [-0.15, -0.1) is 0 Å². The molecule has 4 rings (SSSR count). The van der Waals surface area contributed by atoms with Gasteiger partial charge >= 0.3 is 6.03 Å². The van der Waals surface area contributed by atoms with Crippen LogP contribution in [-0.2, 0) is 16.1 Å². The van der Waals surface area contributed by atoms with E-state index in [1.165, 1.54) is 19.4 Å². The number of ether oxygens (including phenoxy) is 3. The van der Waals surface area contributed by atoms with Crippen LogP contribution in [0.1, 0.15) is 23.3 Å². The van der Waals surface area contributed by atoms with Crippen molar-refractivity contribution in [2.24, 2.45) is 0 Å². The van der Waals surface area contributed by atoms with Crippen LogP contribution in [0, 0.1) is 6.92 Å². The number of hydrogen-bond donors (Lipinski definition) is 1. The predicted molar refractivity (Wildman–Crippen MR) is 131 cm³/mol. The fourth-order valence-corrected chi connectivity index (χ4v) is 3.60. The number of furan rings is 1. The van der Waals surface area contributed by atoms with E-state index < -0.39 is 17.8 Å². The molecule has 0 spiro atoms. The zero-order chi connectivity index (χ0) is 25.5. The summed E-state index contributed by atoms with van der Waals surface area (Å²) in [7, 11) is 1.50. The van der Waals surface area contributed by atoms with Gasteiger partial charge in [-0.3, -0.25) is 19.8 Å². The second-order valence-corrected chi connectivity index (χ2v) is 8.01. The Morgan fingerprint density at radius 3 is 2.44 bits per heavy atom. The molecular formula is C27H26N2O7. The summed E-state index contributed by atoms with van der Waals surface area (Å²) in [4.78, 5) is 38.4. The summed E-state index contributed by atoms with van der Waals surface area (Å²) >= 11 is 0. The largest absolute Gasteiger partial charge is 0.493 e. The normalized spacial score (nSPS) is 14.7. The van der Waals surface area contributed by atoms with Crippen molar-refractivity contribution in [1.29, 1.82) is 0 Å². The Labute approximate surface area is 208 Å². The van der Waals surface area contributed by atoms with Gasteiger partial charge in [0, 0.05) is 6.42 Å². The smallest absolute Gasteiger partial charge is 0.331 e. The van der Waals surface area contributed by atoms with Crippen LogP contribution >= 0.6 is 0 Å². The van der Waals surface area contributed by atoms with E-state index in [1.54, 1.807) is 30.3 Å². The Balaban J connectivity index is 1.40. The third-order valence-electron chi connectivity index (χ3n) is 5.48. The van der Waals surface area contributed by atoms with E-state index in [0.717, 1.165) is 16.2 Å². The number of barbiturate groups is 1. The molecule has 9 nitrogen and oxygen atoms in total. The number of para-hydroxylation sites is 1. The molecule has 4 amide bonds. The highest BCUT2D eigenvalue weighted by atomic mass is 16.5. The molecule has 0 aliphatic carbocycles. The van der Waals surface area contributed by atoms with E-state index in [4.69, 9.17) is 18.6 Å². The topological polar surface area (TPSA) is 107 Å². The number of nitrogens with one attached hydrogen (secondary N) is 1. The number of hydrogen-bond acceptors (Lipinski definition) is 7. The minimum Gasteiger partial charge on any atom is -0.493 e. The molecule has 1 aromatic heterocycles. The quantitative estimate of drug-likeness (QED) is 0.259. The van der Waals surface area contributed by atoms with E-state index in [1.807, 2.05) is 31.2 Å². The van der Waals surface area contributed by atoms with Crippen LogP contribution in [0.2, 0.25) is 0 Å². The number of carbonyl (C=O) groups excluding carboxylic acids is 3. The maximum atomic E-state index is 12.9. The van der Waals surface area contributed by atoms with Gasteiger partial charge in [-0.2, -0.15) is 0 Å². The lowest BCUT2D eigenvalue weighted by atomic mass is 10.1. The van der Waals surface area contributed by atoms with Gasteiger partial charge < -0.3 is 18.6 Å². The van der Waals surface area contributed by atoms with E-state index >= 15 is 0 Å². The Bertz CT molecular complexity index is 1280. The van der Waals surface area contributed by atoms with Gasteiger partial charge in [0.1, 0.15) is 17.1 Å². The number of aryl methyl sites for hydroxylation is 1. The molecule has 3 aromatic rings. The first-order valence-electron chi connectivity index (χ1n) is 11.4. The van der Waals surface area contributed by atoms with Crippen LogP contribution in [-0.4, -0.2) is 43.1 Å². The average molecular weight is 491 g/mol. The first kappa shape index (κ1) is 24.6. The van der Waals surface area contributed by atoms with Gasteiger partial charge in [0.15, 0.2) is 11.5 Å². The Hall–Kier alpha value is -4.53. The number of nitrogens with zero attached hydrogens (tertiary/aromatic N) is 1. The van der Waals surface area contributed by atoms with Crippen molar-refractivity contribution in [3.63, 3.8) is 0 Å². The molecule has 9 heteroatoms. The third kappa shape index (κ3) is 5.75. The van der Waals surface area contributed by atoms with Crippen molar-refractivity contribution in [3.05, 3.63) is 83.3 Å². The second kappa shape index (κ2) is 11.3. The van der Waals surface area contributed by atoms with Crippen LogP contribution < -0.4 is 19.5 Å². The van der Waals surface area contributed by atoms with Crippen molar-refractivity contribution < 1.29 is 33.0 Å². The van der Waals surface area contributed by atoms with Gasteiger partial charge in [0.25, 0.3) is 11.8 Å². The Kier molecular flexibility index (Phi) is 7.69. The second-order valence-electron chi connectivity index (χ2n) is 8.01. The number of amides is 4. The first-order chi connectivity index (χ1) is 17.5. The highest BCUT2D eigenvalue weighted by Crippen LogP contribution is 2.30. The number of benzene rings is 2. The molecule has 1 saturated heterocycles. The van der Waals surface area contributed by atoms with Gasteiger partial charge in [-0.05, 0) is 54.5 Å². The number of imide groups is 2. The summed E-state index contributed by atoms with van der Waals surface area (Å²) in [5.74, 6) is 0.737. The molecule has 1 fully saturated rings. The number of urea groups is 1. The highest BCUT2D eigenvalue weighted by Gasteiger charge is 2.36. The molecule has 0 bridgehead atoms. The molecule has 1 N–H and O–H groups in total. The van der Waals surface area contributed by atoms with Crippen molar-refractivity contribution in [3.8, 4) is 17.2 Å². The predicted octanol–water partition coefficient (Wildman–Crippen LogP) is 4.11. The third-order valence-corrected chi connectivity index (χ3v) is 5.48. The van der Waals surface area contributed by atoms with Gasteiger partial charge in [0.2, 0.25) is 0 Å².